The minimum absolute atomic E-state index is 0.0254. The van der Waals surface area contributed by atoms with Gasteiger partial charge in [0.25, 0.3) is 0 Å². The van der Waals surface area contributed by atoms with Crippen LogP contribution in [-0.2, 0) is 19.6 Å². The zero-order valence-corrected chi connectivity index (χ0v) is 13.1. The maximum Gasteiger partial charge on any atom is 0.305 e. The number of anilines is 1. The Morgan fingerprint density at radius 2 is 2.16 bits per heavy atom. The van der Waals surface area contributed by atoms with E-state index in [1.54, 1.807) is 22.6 Å². The van der Waals surface area contributed by atoms with Gasteiger partial charge in [-0.2, -0.15) is 0 Å². The van der Waals surface area contributed by atoms with Crippen LogP contribution < -0.4 is 4.72 Å². The monoisotopic (exact) mass is 401 g/mol. The van der Waals surface area contributed by atoms with Gasteiger partial charge in [-0.05, 0) is 41.1 Å². The van der Waals surface area contributed by atoms with E-state index in [1.165, 1.54) is 25.3 Å². The molecular formula is C11H13FINO4S. The summed E-state index contributed by atoms with van der Waals surface area (Å²) in [5.41, 5.74) is 0.193. The van der Waals surface area contributed by atoms with Gasteiger partial charge in [-0.25, -0.2) is 12.8 Å². The van der Waals surface area contributed by atoms with E-state index < -0.39 is 21.8 Å². The number of nitrogens with one attached hydrogen (secondary N) is 1. The number of sulfonamides is 1. The molecule has 0 aliphatic heterocycles. The molecule has 0 saturated carbocycles. The number of carbonyl (C=O) groups excluding carboxylic acids is 1. The van der Waals surface area contributed by atoms with Crippen molar-refractivity contribution in [1.82, 2.24) is 0 Å². The minimum Gasteiger partial charge on any atom is -0.469 e. The van der Waals surface area contributed by atoms with Gasteiger partial charge in [-0.15, -0.1) is 0 Å². The molecule has 1 rings (SSSR count). The van der Waals surface area contributed by atoms with Crippen LogP contribution in [0.4, 0.5) is 10.1 Å². The predicted octanol–water partition coefficient (Wildman–Crippen LogP) is 2.13. The summed E-state index contributed by atoms with van der Waals surface area (Å²) in [6.45, 7) is 0. The normalized spacial score (nSPS) is 11.1. The van der Waals surface area contributed by atoms with E-state index in [0.717, 1.165) is 0 Å². The van der Waals surface area contributed by atoms with Crippen LogP contribution in [0.15, 0.2) is 18.2 Å². The van der Waals surface area contributed by atoms with Crippen molar-refractivity contribution in [3.63, 3.8) is 0 Å². The van der Waals surface area contributed by atoms with Gasteiger partial charge in [0.2, 0.25) is 10.0 Å². The SMILES string of the molecule is COC(=O)CCCS(=O)(=O)Nc1cccc(F)c1I. The summed E-state index contributed by atoms with van der Waals surface area (Å²) in [6.07, 6.45) is 0.172. The second-order valence-electron chi connectivity index (χ2n) is 3.70. The first-order valence-corrected chi connectivity index (χ1v) is 8.10. The first-order valence-electron chi connectivity index (χ1n) is 5.37. The Hall–Kier alpha value is -0.900. The van der Waals surface area contributed by atoms with Crippen molar-refractivity contribution in [3.8, 4) is 0 Å². The van der Waals surface area contributed by atoms with Crippen molar-refractivity contribution < 1.29 is 22.3 Å². The molecule has 0 atom stereocenters. The van der Waals surface area contributed by atoms with E-state index in [0.29, 0.717) is 0 Å². The number of methoxy groups -OCH3 is 1. The van der Waals surface area contributed by atoms with E-state index in [1.807, 2.05) is 0 Å². The van der Waals surface area contributed by atoms with Crippen molar-refractivity contribution in [2.24, 2.45) is 0 Å². The summed E-state index contributed by atoms with van der Waals surface area (Å²) >= 11 is 1.72. The largest absolute Gasteiger partial charge is 0.469 e. The number of ether oxygens (including phenoxy) is 1. The molecule has 19 heavy (non-hydrogen) atoms. The quantitative estimate of drug-likeness (QED) is 0.586. The molecule has 0 saturated heterocycles. The van der Waals surface area contributed by atoms with Gasteiger partial charge in [-0.3, -0.25) is 9.52 Å². The van der Waals surface area contributed by atoms with Crippen LogP contribution in [0.25, 0.3) is 0 Å². The van der Waals surface area contributed by atoms with Crippen molar-refractivity contribution in [1.29, 1.82) is 0 Å². The first kappa shape index (κ1) is 16.2. The lowest BCUT2D eigenvalue weighted by Gasteiger charge is -2.09. The molecule has 5 nitrogen and oxygen atoms in total. The summed E-state index contributed by atoms with van der Waals surface area (Å²) in [7, 11) is -2.37. The average Bonchev–Trinajstić information content (AvgIpc) is 2.34. The van der Waals surface area contributed by atoms with Gasteiger partial charge in [0, 0.05) is 6.42 Å². The van der Waals surface area contributed by atoms with Crippen LogP contribution in [0, 0.1) is 9.39 Å². The number of hydrogen-bond acceptors (Lipinski definition) is 4. The Balaban J connectivity index is 2.64. The summed E-state index contributed by atoms with van der Waals surface area (Å²) in [4.78, 5) is 10.9. The maximum absolute atomic E-state index is 13.3. The van der Waals surface area contributed by atoms with Crippen molar-refractivity contribution in [2.75, 3.05) is 17.6 Å². The molecule has 1 N–H and O–H groups in total. The molecule has 0 aromatic heterocycles. The zero-order valence-electron chi connectivity index (χ0n) is 10.2. The number of hydrogen-bond donors (Lipinski definition) is 1. The standard InChI is InChI=1S/C11H13FINO4S/c1-18-10(15)6-3-7-19(16,17)14-9-5-2-4-8(12)11(9)13/h2,4-5,14H,3,6-7H2,1H3. The fourth-order valence-electron chi connectivity index (χ4n) is 1.31. The third kappa shape index (κ3) is 5.31. The number of benzene rings is 1. The zero-order chi connectivity index (χ0) is 14.5. The highest BCUT2D eigenvalue weighted by Gasteiger charge is 2.14. The summed E-state index contributed by atoms with van der Waals surface area (Å²) < 4.78 is 43.7. The van der Waals surface area contributed by atoms with Crippen LogP contribution in [0.1, 0.15) is 12.8 Å². The first-order chi connectivity index (χ1) is 8.85. The highest BCUT2D eigenvalue weighted by Crippen LogP contribution is 2.22. The molecule has 0 aliphatic rings. The van der Waals surface area contributed by atoms with Gasteiger partial charge in [0.1, 0.15) is 5.82 Å². The van der Waals surface area contributed by atoms with E-state index in [-0.39, 0.29) is 27.9 Å². The summed E-state index contributed by atoms with van der Waals surface area (Å²) in [6, 6.07) is 4.14. The minimum atomic E-state index is -3.61. The lowest BCUT2D eigenvalue weighted by Crippen LogP contribution is -2.18. The Bertz CT molecular complexity index is 562. The maximum atomic E-state index is 13.3. The molecule has 0 unspecified atom stereocenters. The lowest BCUT2D eigenvalue weighted by molar-refractivity contribution is -0.140. The van der Waals surface area contributed by atoms with E-state index in [4.69, 9.17) is 0 Å². The topological polar surface area (TPSA) is 72.5 Å². The second kappa shape index (κ2) is 7.04. The molecular weight excluding hydrogens is 388 g/mol. The van der Waals surface area contributed by atoms with E-state index >= 15 is 0 Å². The molecule has 0 radical (unpaired) electrons. The lowest BCUT2D eigenvalue weighted by atomic mass is 10.3. The summed E-state index contributed by atoms with van der Waals surface area (Å²) in [5.74, 6) is -1.18. The molecule has 0 heterocycles. The highest BCUT2D eigenvalue weighted by atomic mass is 127. The second-order valence-corrected chi connectivity index (χ2v) is 6.62. The van der Waals surface area contributed by atoms with E-state index in [9.17, 15) is 17.6 Å². The van der Waals surface area contributed by atoms with E-state index in [2.05, 4.69) is 9.46 Å². The molecule has 1 aromatic carbocycles. The van der Waals surface area contributed by atoms with Crippen LogP contribution >= 0.6 is 22.6 Å². The molecule has 0 fully saturated rings. The van der Waals surface area contributed by atoms with Crippen molar-refractivity contribution in [2.45, 2.75) is 12.8 Å². The number of carbonyl (C=O) groups is 1. The van der Waals surface area contributed by atoms with Crippen LogP contribution in [0.3, 0.4) is 0 Å². The van der Waals surface area contributed by atoms with Crippen LogP contribution in [0.5, 0.6) is 0 Å². The smallest absolute Gasteiger partial charge is 0.305 e. The van der Waals surface area contributed by atoms with Gasteiger partial charge in [-0.1, -0.05) is 6.07 Å². The number of esters is 1. The Morgan fingerprint density at radius 1 is 1.47 bits per heavy atom. The number of rotatable bonds is 6. The molecule has 0 spiro atoms. The van der Waals surface area contributed by atoms with Crippen LogP contribution in [-0.4, -0.2) is 27.2 Å². The molecule has 0 aliphatic carbocycles. The molecule has 8 heteroatoms. The average molecular weight is 401 g/mol. The Labute approximate surface area is 124 Å². The highest BCUT2D eigenvalue weighted by molar-refractivity contribution is 14.1. The van der Waals surface area contributed by atoms with Gasteiger partial charge in [0.05, 0.1) is 22.1 Å². The van der Waals surface area contributed by atoms with Crippen molar-refractivity contribution >= 4 is 44.3 Å². The Morgan fingerprint density at radius 3 is 2.79 bits per heavy atom. The van der Waals surface area contributed by atoms with Crippen molar-refractivity contribution in [3.05, 3.63) is 27.6 Å². The third-order valence-electron chi connectivity index (χ3n) is 2.24. The third-order valence-corrected chi connectivity index (χ3v) is 4.69. The molecule has 1 aromatic rings. The molecule has 106 valence electrons. The molecule has 0 bridgehead atoms. The predicted molar refractivity (Wildman–Crippen MR) is 77.8 cm³/mol. The number of halogens is 2. The fourth-order valence-corrected chi connectivity index (χ4v) is 3.12. The van der Waals surface area contributed by atoms with Gasteiger partial charge < -0.3 is 4.74 Å². The fraction of sp³-hybridized carbons (Fsp3) is 0.364. The van der Waals surface area contributed by atoms with Gasteiger partial charge >= 0.3 is 5.97 Å². The molecule has 0 amide bonds. The Kier molecular flexibility index (Phi) is 5.98. The summed E-state index contributed by atoms with van der Waals surface area (Å²) in [5, 5.41) is 0. The van der Waals surface area contributed by atoms with Gasteiger partial charge in [0.15, 0.2) is 0 Å². The van der Waals surface area contributed by atoms with Crippen LogP contribution in [0.2, 0.25) is 0 Å².